The van der Waals surface area contributed by atoms with Crippen LogP contribution in [0.1, 0.15) is 21.5 Å². The highest BCUT2D eigenvalue weighted by molar-refractivity contribution is 6.33. The highest BCUT2D eigenvalue weighted by Gasteiger charge is 2.17. The van der Waals surface area contributed by atoms with E-state index in [1.165, 1.54) is 12.1 Å². The normalized spacial score (nSPS) is 10.4. The third-order valence-electron chi connectivity index (χ3n) is 4.08. The van der Waals surface area contributed by atoms with Gasteiger partial charge in [-0.1, -0.05) is 48.0 Å². The summed E-state index contributed by atoms with van der Waals surface area (Å²) in [6.45, 7) is 2.06. The number of ether oxygens (including phenoxy) is 1. The van der Waals surface area contributed by atoms with E-state index in [-0.39, 0.29) is 16.6 Å². The molecule has 142 valence electrons. The summed E-state index contributed by atoms with van der Waals surface area (Å²) in [5.74, 6) is 0.202. The van der Waals surface area contributed by atoms with E-state index < -0.39 is 4.92 Å². The van der Waals surface area contributed by atoms with Gasteiger partial charge in [-0.25, -0.2) is 0 Å². The fraction of sp³-hybridized carbons (Fsp3) is 0.0952. The van der Waals surface area contributed by atoms with Gasteiger partial charge >= 0.3 is 0 Å². The Bertz CT molecular complexity index is 1020. The molecule has 1 amide bonds. The first-order valence-electron chi connectivity index (χ1n) is 8.46. The molecule has 0 bridgehead atoms. The first kappa shape index (κ1) is 19.4. The molecule has 0 unspecified atom stereocenters. The van der Waals surface area contributed by atoms with Crippen molar-refractivity contribution in [2.75, 3.05) is 5.32 Å². The summed E-state index contributed by atoms with van der Waals surface area (Å²) in [5, 5.41) is 13.6. The van der Waals surface area contributed by atoms with Gasteiger partial charge < -0.3 is 10.1 Å². The molecule has 1 N–H and O–H groups in total. The van der Waals surface area contributed by atoms with Crippen molar-refractivity contribution >= 4 is 28.9 Å². The largest absolute Gasteiger partial charge is 0.489 e. The maximum Gasteiger partial charge on any atom is 0.288 e. The summed E-state index contributed by atoms with van der Waals surface area (Å²) in [7, 11) is 0. The average molecular weight is 397 g/mol. The molecule has 0 aliphatic carbocycles. The van der Waals surface area contributed by atoms with Crippen LogP contribution in [0.5, 0.6) is 5.75 Å². The van der Waals surface area contributed by atoms with Crippen LogP contribution in [0, 0.1) is 17.0 Å². The number of rotatable bonds is 6. The number of anilines is 1. The summed E-state index contributed by atoms with van der Waals surface area (Å²) in [6, 6.07) is 19.2. The number of nitrogens with one attached hydrogen (secondary N) is 1. The molecular formula is C21H17ClN2O4. The first-order chi connectivity index (χ1) is 13.4. The third-order valence-corrected chi connectivity index (χ3v) is 4.39. The SMILES string of the molecule is Cc1cc([N+](=O)[O-])c(Cl)cc1NC(=O)c1cccc(OCc2ccccc2)c1. The standard InChI is InChI=1S/C21H17ClN2O4/c1-14-10-20(24(26)27)18(22)12-19(14)23-21(25)16-8-5-9-17(11-16)28-13-15-6-3-2-4-7-15/h2-12H,13H2,1H3,(H,23,25). The van der Waals surface area contributed by atoms with Crippen molar-refractivity contribution in [3.63, 3.8) is 0 Å². The van der Waals surface area contributed by atoms with Gasteiger partial charge in [0.1, 0.15) is 17.4 Å². The Balaban J connectivity index is 1.73. The number of hydrogen-bond donors (Lipinski definition) is 1. The average Bonchev–Trinajstić information content (AvgIpc) is 2.69. The number of hydrogen-bond acceptors (Lipinski definition) is 4. The van der Waals surface area contributed by atoms with Crippen LogP contribution in [-0.4, -0.2) is 10.8 Å². The number of benzene rings is 3. The van der Waals surface area contributed by atoms with E-state index in [0.29, 0.717) is 29.2 Å². The number of carbonyl (C=O) groups is 1. The zero-order chi connectivity index (χ0) is 20.1. The molecule has 0 aliphatic heterocycles. The summed E-state index contributed by atoms with van der Waals surface area (Å²) >= 11 is 5.94. The van der Waals surface area contributed by atoms with E-state index in [0.717, 1.165) is 5.56 Å². The topological polar surface area (TPSA) is 81.5 Å². The number of halogens is 1. The van der Waals surface area contributed by atoms with E-state index in [1.54, 1.807) is 31.2 Å². The Hall–Kier alpha value is -3.38. The van der Waals surface area contributed by atoms with Crippen molar-refractivity contribution < 1.29 is 14.5 Å². The second-order valence-electron chi connectivity index (χ2n) is 6.13. The van der Waals surface area contributed by atoms with Gasteiger partial charge in [-0.05, 0) is 42.3 Å². The fourth-order valence-electron chi connectivity index (χ4n) is 2.60. The molecule has 3 aromatic rings. The number of nitro benzene ring substituents is 1. The van der Waals surface area contributed by atoms with Gasteiger partial charge in [0, 0.05) is 17.3 Å². The number of nitro groups is 1. The van der Waals surface area contributed by atoms with Crippen LogP contribution in [0.15, 0.2) is 66.7 Å². The van der Waals surface area contributed by atoms with E-state index in [2.05, 4.69) is 5.32 Å². The van der Waals surface area contributed by atoms with Crippen LogP contribution >= 0.6 is 11.6 Å². The predicted molar refractivity (Wildman–Crippen MR) is 108 cm³/mol. The van der Waals surface area contributed by atoms with Crippen molar-refractivity contribution in [1.29, 1.82) is 0 Å². The van der Waals surface area contributed by atoms with E-state index in [4.69, 9.17) is 16.3 Å². The zero-order valence-corrected chi connectivity index (χ0v) is 15.8. The van der Waals surface area contributed by atoms with E-state index in [9.17, 15) is 14.9 Å². The van der Waals surface area contributed by atoms with Crippen molar-refractivity contribution in [2.45, 2.75) is 13.5 Å². The predicted octanol–water partition coefficient (Wildman–Crippen LogP) is 5.39. The Morgan fingerprint density at radius 3 is 2.57 bits per heavy atom. The van der Waals surface area contributed by atoms with Crippen LogP contribution in [0.2, 0.25) is 5.02 Å². The second kappa shape index (κ2) is 8.54. The molecule has 3 rings (SSSR count). The molecule has 0 saturated heterocycles. The quantitative estimate of drug-likeness (QED) is 0.447. The van der Waals surface area contributed by atoms with Crippen molar-refractivity contribution in [3.8, 4) is 5.75 Å². The van der Waals surface area contributed by atoms with Crippen LogP contribution in [0.3, 0.4) is 0 Å². The summed E-state index contributed by atoms with van der Waals surface area (Å²) in [6.07, 6.45) is 0. The maximum absolute atomic E-state index is 12.6. The summed E-state index contributed by atoms with van der Waals surface area (Å²) in [5.41, 5.74) is 2.18. The lowest BCUT2D eigenvalue weighted by molar-refractivity contribution is -0.384. The molecule has 0 radical (unpaired) electrons. The smallest absolute Gasteiger partial charge is 0.288 e. The van der Waals surface area contributed by atoms with Gasteiger partial charge in [-0.3, -0.25) is 14.9 Å². The lowest BCUT2D eigenvalue weighted by atomic mass is 10.1. The maximum atomic E-state index is 12.6. The van der Waals surface area contributed by atoms with Gasteiger partial charge in [0.05, 0.1) is 4.92 Å². The molecule has 6 nitrogen and oxygen atoms in total. The molecule has 0 heterocycles. The zero-order valence-electron chi connectivity index (χ0n) is 15.0. The van der Waals surface area contributed by atoms with Crippen molar-refractivity contribution in [2.24, 2.45) is 0 Å². The molecular weight excluding hydrogens is 380 g/mol. The van der Waals surface area contributed by atoms with E-state index in [1.807, 2.05) is 30.3 Å². The van der Waals surface area contributed by atoms with Crippen LogP contribution in [0.4, 0.5) is 11.4 Å². The fourth-order valence-corrected chi connectivity index (χ4v) is 2.84. The Labute approximate surface area is 166 Å². The highest BCUT2D eigenvalue weighted by Crippen LogP contribution is 2.31. The van der Waals surface area contributed by atoms with Gasteiger partial charge in [0.15, 0.2) is 0 Å². The lowest BCUT2D eigenvalue weighted by Gasteiger charge is -2.11. The third kappa shape index (κ3) is 4.66. The number of amides is 1. The molecule has 28 heavy (non-hydrogen) atoms. The van der Waals surface area contributed by atoms with Crippen molar-refractivity contribution in [1.82, 2.24) is 0 Å². The Morgan fingerprint density at radius 2 is 1.86 bits per heavy atom. The number of aryl methyl sites for hydroxylation is 1. The first-order valence-corrected chi connectivity index (χ1v) is 8.84. The molecule has 0 fully saturated rings. The minimum atomic E-state index is -0.561. The van der Waals surface area contributed by atoms with Crippen LogP contribution in [-0.2, 0) is 6.61 Å². The number of nitrogens with zero attached hydrogens (tertiary/aromatic N) is 1. The monoisotopic (exact) mass is 396 g/mol. The van der Waals surface area contributed by atoms with Crippen molar-refractivity contribution in [3.05, 3.63) is 98.6 Å². The second-order valence-corrected chi connectivity index (χ2v) is 6.54. The Morgan fingerprint density at radius 1 is 1.11 bits per heavy atom. The lowest BCUT2D eigenvalue weighted by Crippen LogP contribution is -2.13. The Kier molecular flexibility index (Phi) is 5.91. The molecule has 0 aromatic heterocycles. The molecule has 0 atom stereocenters. The molecule has 0 aliphatic rings. The molecule has 7 heteroatoms. The van der Waals surface area contributed by atoms with Crippen LogP contribution < -0.4 is 10.1 Å². The minimum absolute atomic E-state index is 0.0363. The minimum Gasteiger partial charge on any atom is -0.489 e. The molecule has 0 spiro atoms. The van der Waals surface area contributed by atoms with Gasteiger partial charge in [0.25, 0.3) is 11.6 Å². The number of carbonyl (C=O) groups excluding carboxylic acids is 1. The van der Waals surface area contributed by atoms with E-state index >= 15 is 0 Å². The summed E-state index contributed by atoms with van der Waals surface area (Å²) in [4.78, 5) is 23.0. The molecule has 0 saturated carbocycles. The highest BCUT2D eigenvalue weighted by atomic mass is 35.5. The van der Waals surface area contributed by atoms with Gasteiger partial charge in [-0.2, -0.15) is 0 Å². The van der Waals surface area contributed by atoms with Gasteiger partial charge in [-0.15, -0.1) is 0 Å². The molecule has 3 aromatic carbocycles. The van der Waals surface area contributed by atoms with Crippen LogP contribution in [0.25, 0.3) is 0 Å². The summed E-state index contributed by atoms with van der Waals surface area (Å²) < 4.78 is 5.74. The van der Waals surface area contributed by atoms with Gasteiger partial charge in [0.2, 0.25) is 0 Å².